The number of hydrogen-bond acceptors (Lipinski definition) is 4. The molecule has 0 radical (unpaired) electrons. The van der Waals surface area contributed by atoms with Crippen molar-refractivity contribution in [3.63, 3.8) is 0 Å². The van der Waals surface area contributed by atoms with Gasteiger partial charge in [-0.25, -0.2) is 8.42 Å². The summed E-state index contributed by atoms with van der Waals surface area (Å²) in [5, 5.41) is 2.95. The lowest BCUT2D eigenvalue weighted by Crippen LogP contribution is -2.38. The zero-order valence-corrected chi connectivity index (χ0v) is 16.3. The summed E-state index contributed by atoms with van der Waals surface area (Å²) in [5.41, 5.74) is 1.84. The van der Waals surface area contributed by atoms with Crippen LogP contribution in [0.2, 0.25) is 0 Å². The smallest absolute Gasteiger partial charge is 0.251 e. The number of para-hydroxylation sites is 1. The molecule has 0 aliphatic carbocycles. The van der Waals surface area contributed by atoms with Crippen LogP contribution in [0.4, 0.5) is 5.69 Å². The Bertz CT molecular complexity index is 927. The molecule has 0 unspecified atom stereocenters. The van der Waals surface area contributed by atoms with Gasteiger partial charge in [-0.3, -0.25) is 9.10 Å². The summed E-state index contributed by atoms with van der Waals surface area (Å²) in [6.45, 7) is 2.33. The number of sulfonamides is 1. The van der Waals surface area contributed by atoms with Gasteiger partial charge in [0, 0.05) is 17.7 Å². The second-order valence-corrected chi connectivity index (χ2v) is 8.60. The minimum atomic E-state index is -3.31. The Morgan fingerprint density at radius 2 is 1.93 bits per heavy atom. The highest BCUT2D eigenvalue weighted by molar-refractivity contribution is 7.92. The fourth-order valence-corrected chi connectivity index (χ4v) is 4.89. The van der Waals surface area contributed by atoms with Crippen LogP contribution in [-0.4, -0.2) is 33.7 Å². The van der Waals surface area contributed by atoms with E-state index in [0.29, 0.717) is 30.0 Å². The van der Waals surface area contributed by atoms with Gasteiger partial charge in [0.1, 0.15) is 5.75 Å². The molecule has 6 nitrogen and oxygen atoms in total. The van der Waals surface area contributed by atoms with Gasteiger partial charge in [0.15, 0.2) is 0 Å². The van der Waals surface area contributed by atoms with Crippen molar-refractivity contribution in [3.8, 4) is 5.75 Å². The first-order chi connectivity index (χ1) is 12.9. The summed E-state index contributed by atoms with van der Waals surface area (Å²) >= 11 is 0. The van der Waals surface area contributed by atoms with Crippen LogP contribution >= 0.6 is 0 Å². The van der Waals surface area contributed by atoms with Gasteiger partial charge < -0.3 is 10.1 Å². The Kier molecular flexibility index (Phi) is 5.70. The van der Waals surface area contributed by atoms with Crippen molar-refractivity contribution in [2.75, 3.05) is 23.7 Å². The molecule has 1 aliphatic rings. The summed E-state index contributed by atoms with van der Waals surface area (Å²) in [5.74, 6) is 0.594. The van der Waals surface area contributed by atoms with E-state index in [1.165, 1.54) is 4.31 Å². The van der Waals surface area contributed by atoms with E-state index in [0.717, 1.165) is 12.0 Å². The fourth-order valence-electron chi connectivity index (χ4n) is 3.26. The van der Waals surface area contributed by atoms with Gasteiger partial charge in [0.05, 0.1) is 24.6 Å². The number of amides is 1. The number of methoxy groups -OCH3 is 1. The average molecular weight is 388 g/mol. The SMILES string of the molecule is COc1ccccc1[C@H](C)NC(=O)c1cccc(N2CCCCS2(=O)=O)c1. The molecule has 7 heteroatoms. The van der Waals surface area contributed by atoms with Crippen LogP contribution in [0, 0.1) is 0 Å². The monoisotopic (exact) mass is 388 g/mol. The highest BCUT2D eigenvalue weighted by Crippen LogP contribution is 2.26. The van der Waals surface area contributed by atoms with E-state index in [1.54, 1.807) is 31.4 Å². The Morgan fingerprint density at radius 1 is 1.15 bits per heavy atom. The zero-order chi connectivity index (χ0) is 19.4. The molecule has 0 saturated carbocycles. The van der Waals surface area contributed by atoms with E-state index in [1.807, 2.05) is 31.2 Å². The highest BCUT2D eigenvalue weighted by atomic mass is 32.2. The maximum Gasteiger partial charge on any atom is 0.251 e. The van der Waals surface area contributed by atoms with Gasteiger partial charge >= 0.3 is 0 Å². The van der Waals surface area contributed by atoms with Gasteiger partial charge in [-0.15, -0.1) is 0 Å². The summed E-state index contributed by atoms with van der Waals surface area (Å²) in [7, 11) is -1.72. The van der Waals surface area contributed by atoms with Crippen molar-refractivity contribution in [1.82, 2.24) is 5.32 Å². The summed E-state index contributed by atoms with van der Waals surface area (Å²) in [6, 6.07) is 14.0. The van der Waals surface area contributed by atoms with Crippen LogP contribution in [0.15, 0.2) is 48.5 Å². The van der Waals surface area contributed by atoms with Gasteiger partial charge in [0.25, 0.3) is 5.91 Å². The third-order valence-electron chi connectivity index (χ3n) is 4.70. The first-order valence-corrected chi connectivity index (χ1v) is 10.6. The first-order valence-electron chi connectivity index (χ1n) is 8.96. The van der Waals surface area contributed by atoms with E-state index in [-0.39, 0.29) is 17.7 Å². The molecule has 0 aromatic heterocycles. The molecule has 2 aromatic carbocycles. The van der Waals surface area contributed by atoms with Gasteiger partial charge in [-0.1, -0.05) is 24.3 Å². The van der Waals surface area contributed by atoms with Gasteiger partial charge in [-0.05, 0) is 44.0 Å². The molecule has 1 N–H and O–H groups in total. The van der Waals surface area contributed by atoms with E-state index in [4.69, 9.17) is 4.74 Å². The Hall–Kier alpha value is -2.54. The number of nitrogens with one attached hydrogen (secondary N) is 1. The molecule has 2 aromatic rings. The lowest BCUT2D eigenvalue weighted by atomic mass is 10.1. The molecule has 1 fully saturated rings. The second kappa shape index (κ2) is 8.00. The zero-order valence-electron chi connectivity index (χ0n) is 15.5. The van der Waals surface area contributed by atoms with E-state index >= 15 is 0 Å². The second-order valence-electron chi connectivity index (χ2n) is 6.58. The van der Waals surface area contributed by atoms with Crippen LogP contribution in [0.3, 0.4) is 0 Å². The van der Waals surface area contributed by atoms with E-state index < -0.39 is 10.0 Å². The Labute approximate surface area is 160 Å². The molecule has 1 atom stereocenters. The number of anilines is 1. The molecular formula is C20H24N2O4S. The van der Waals surface area contributed by atoms with Gasteiger partial charge in [0.2, 0.25) is 10.0 Å². The van der Waals surface area contributed by atoms with Crippen molar-refractivity contribution < 1.29 is 17.9 Å². The maximum atomic E-state index is 12.7. The van der Waals surface area contributed by atoms with Crippen LogP contribution in [0.1, 0.15) is 41.7 Å². The normalized spacial score (nSPS) is 17.2. The number of benzene rings is 2. The number of nitrogens with zero attached hydrogens (tertiary/aromatic N) is 1. The third kappa shape index (κ3) is 4.24. The quantitative estimate of drug-likeness (QED) is 0.854. The molecule has 1 saturated heterocycles. The topological polar surface area (TPSA) is 75.7 Å². The number of ether oxygens (including phenoxy) is 1. The number of carbonyl (C=O) groups is 1. The number of hydrogen-bond donors (Lipinski definition) is 1. The number of rotatable bonds is 5. The van der Waals surface area contributed by atoms with E-state index in [2.05, 4.69) is 5.32 Å². The fraction of sp³-hybridized carbons (Fsp3) is 0.350. The lowest BCUT2D eigenvalue weighted by Gasteiger charge is -2.28. The van der Waals surface area contributed by atoms with Crippen LogP contribution in [0.25, 0.3) is 0 Å². The summed E-state index contributed by atoms with van der Waals surface area (Å²) in [6.07, 6.45) is 1.50. The predicted molar refractivity (Wildman–Crippen MR) is 106 cm³/mol. The maximum absolute atomic E-state index is 12.7. The molecule has 0 spiro atoms. The standard InChI is InChI=1S/C20H24N2O4S/c1-15(18-10-3-4-11-19(18)26-2)21-20(23)16-8-7-9-17(14-16)22-12-5-6-13-27(22,24)25/h3-4,7-11,14-15H,5-6,12-13H2,1-2H3,(H,21,23)/t15-/m0/s1. The molecule has 27 heavy (non-hydrogen) atoms. The molecule has 0 bridgehead atoms. The molecule has 3 rings (SSSR count). The van der Waals surface area contributed by atoms with Crippen molar-refractivity contribution >= 4 is 21.6 Å². The third-order valence-corrected chi connectivity index (χ3v) is 6.57. The average Bonchev–Trinajstić information content (AvgIpc) is 2.67. The molecule has 1 heterocycles. The minimum absolute atomic E-state index is 0.147. The minimum Gasteiger partial charge on any atom is -0.496 e. The largest absolute Gasteiger partial charge is 0.496 e. The van der Waals surface area contributed by atoms with Crippen molar-refractivity contribution in [3.05, 3.63) is 59.7 Å². The van der Waals surface area contributed by atoms with Crippen LogP contribution in [-0.2, 0) is 10.0 Å². The van der Waals surface area contributed by atoms with Crippen molar-refractivity contribution in [2.24, 2.45) is 0 Å². The lowest BCUT2D eigenvalue weighted by molar-refractivity contribution is 0.0939. The Balaban J connectivity index is 1.79. The van der Waals surface area contributed by atoms with Crippen LogP contribution in [0.5, 0.6) is 5.75 Å². The van der Waals surface area contributed by atoms with Crippen molar-refractivity contribution in [2.45, 2.75) is 25.8 Å². The highest BCUT2D eigenvalue weighted by Gasteiger charge is 2.26. The molecule has 1 amide bonds. The van der Waals surface area contributed by atoms with Crippen LogP contribution < -0.4 is 14.4 Å². The molecule has 144 valence electrons. The molecular weight excluding hydrogens is 364 g/mol. The van der Waals surface area contributed by atoms with Crippen molar-refractivity contribution in [1.29, 1.82) is 0 Å². The molecule has 1 aliphatic heterocycles. The predicted octanol–water partition coefficient (Wildman–Crippen LogP) is 3.12. The summed E-state index contributed by atoms with van der Waals surface area (Å²) < 4.78 is 31.4. The number of carbonyl (C=O) groups excluding carboxylic acids is 1. The van der Waals surface area contributed by atoms with Gasteiger partial charge in [-0.2, -0.15) is 0 Å². The first kappa shape index (κ1) is 19.2. The Morgan fingerprint density at radius 3 is 2.67 bits per heavy atom. The summed E-state index contributed by atoms with van der Waals surface area (Å²) in [4.78, 5) is 12.7. The van der Waals surface area contributed by atoms with E-state index in [9.17, 15) is 13.2 Å².